The monoisotopic (exact) mass is 326 g/mol. The van der Waals surface area contributed by atoms with Crippen LogP contribution in [0.2, 0.25) is 0 Å². The van der Waals surface area contributed by atoms with Crippen molar-refractivity contribution in [2.24, 2.45) is 0 Å². The molecule has 1 N–H and O–H groups in total. The molecule has 0 aromatic rings. The quantitative estimate of drug-likeness (QED) is 0.841. The lowest BCUT2D eigenvalue weighted by Gasteiger charge is -2.33. The fraction of sp³-hybridized carbons (Fsp3) is 1.00. The van der Waals surface area contributed by atoms with Gasteiger partial charge in [-0.25, -0.2) is 0 Å². The maximum atomic E-state index is 12.4. The van der Waals surface area contributed by atoms with Gasteiger partial charge in [0, 0.05) is 41.7 Å². The third kappa shape index (κ3) is 5.21. The molecule has 0 aromatic carbocycles. The molecule has 2 fully saturated rings. The Bertz CT molecular complexity index is 365. The van der Waals surface area contributed by atoms with Gasteiger partial charge in [-0.2, -0.15) is 13.2 Å². The zero-order chi connectivity index (χ0) is 15.5. The summed E-state index contributed by atoms with van der Waals surface area (Å²) in [4.78, 5) is 1.46. The summed E-state index contributed by atoms with van der Waals surface area (Å²) < 4.78 is 49.3. The van der Waals surface area contributed by atoms with Crippen molar-refractivity contribution in [1.29, 1.82) is 0 Å². The number of hydrogen-bond acceptors (Lipinski definition) is 3. The molecular formula is C14H25F3N2OS. The molecule has 21 heavy (non-hydrogen) atoms. The molecule has 1 aliphatic heterocycles. The van der Waals surface area contributed by atoms with Crippen molar-refractivity contribution < 1.29 is 17.4 Å². The highest BCUT2D eigenvalue weighted by Crippen LogP contribution is 2.25. The van der Waals surface area contributed by atoms with Crippen molar-refractivity contribution in [3.63, 3.8) is 0 Å². The van der Waals surface area contributed by atoms with Crippen molar-refractivity contribution in [1.82, 2.24) is 10.2 Å². The van der Waals surface area contributed by atoms with E-state index in [1.54, 1.807) is 0 Å². The summed E-state index contributed by atoms with van der Waals surface area (Å²) in [5, 5.41) is 3.66. The topological polar surface area (TPSA) is 32.3 Å². The second-order valence-electron chi connectivity index (χ2n) is 6.10. The number of likely N-dealkylation sites (tertiary alicyclic amines) is 1. The van der Waals surface area contributed by atoms with Gasteiger partial charge >= 0.3 is 6.18 Å². The van der Waals surface area contributed by atoms with E-state index in [9.17, 15) is 17.4 Å². The molecular weight excluding hydrogens is 301 g/mol. The minimum Gasteiger partial charge on any atom is -0.309 e. The van der Waals surface area contributed by atoms with E-state index in [1.807, 2.05) is 6.92 Å². The fourth-order valence-electron chi connectivity index (χ4n) is 3.48. The van der Waals surface area contributed by atoms with Crippen molar-refractivity contribution >= 4 is 10.8 Å². The summed E-state index contributed by atoms with van der Waals surface area (Å²) in [5.74, 6) is 0.660. The Morgan fingerprint density at radius 1 is 1.24 bits per heavy atom. The maximum Gasteiger partial charge on any atom is 0.401 e. The van der Waals surface area contributed by atoms with Crippen LogP contribution in [0, 0.1) is 0 Å². The maximum absolute atomic E-state index is 12.4. The summed E-state index contributed by atoms with van der Waals surface area (Å²) in [7, 11) is -0.824. The molecule has 0 unspecified atom stereocenters. The van der Waals surface area contributed by atoms with E-state index >= 15 is 0 Å². The second kappa shape index (κ2) is 7.42. The van der Waals surface area contributed by atoms with Gasteiger partial charge in [0.25, 0.3) is 0 Å². The summed E-state index contributed by atoms with van der Waals surface area (Å²) >= 11 is 0. The summed E-state index contributed by atoms with van der Waals surface area (Å²) in [6, 6.07) is 0.308. The van der Waals surface area contributed by atoms with E-state index in [-0.39, 0.29) is 17.3 Å². The molecule has 1 heterocycles. The minimum atomic E-state index is -4.12. The number of nitrogens with zero attached hydrogens (tertiary/aromatic N) is 1. The smallest absolute Gasteiger partial charge is 0.309 e. The Morgan fingerprint density at radius 2 is 1.95 bits per heavy atom. The van der Waals surface area contributed by atoms with Crippen molar-refractivity contribution in [2.75, 3.05) is 25.4 Å². The van der Waals surface area contributed by atoms with Crippen LogP contribution in [-0.4, -0.2) is 58.0 Å². The Balaban J connectivity index is 1.85. The molecule has 1 saturated carbocycles. The van der Waals surface area contributed by atoms with Crippen LogP contribution in [0.5, 0.6) is 0 Å². The zero-order valence-electron chi connectivity index (χ0n) is 12.5. The van der Waals surface area contributed by atoms with Gasteiger partial charge in [0.2, 0.25) is 0 Å². The van der Waals surface area contributed by atoms with Crippen LogP contribution in [0.1, 0.15) is 39.0 Å². The lowest BCUT2D eigenvalue weighted by Crippen LogP contribution is -2.50. The molecule has 1 saturated heterocycles. The highest BCUT2D eigenvalue weighted by atomic mass is 32.2. The van der Waals surface area contributed by atoms with Crippen LogP contribution in [0.3, 0.4) is 0 Å². The number of rotatable bonds is 5. The lowest BCUT2D eigenvalue weighted by atomic mass is 9.94. The van der Waals surface area contributed by atoms with Crippen LogP contribution >= 0.6 is 0 Å². The van der Waals surface area contributed by atoms with Crippen LogP contribution < -0.4 is 5.32 Å². The van der Waals surface area contributed by atoms with Gasteiger partial charge in [-0.05, 0) is 19.3 Å². The van der Waals surface area contributed by atoms with E-state index in [2.05, 4.69) is 5.32 Å². The molecule has 0 radical (unpaired) electrons. The average Bonchev–Trinajstić information content (AvgIpc) is 2.83. The first-order valence-corrected chi connectivity index (χ1v) is 9.19. The molecule has 0 spiro atoms. The summed E-state index contributed by atoms with van der Waals surface area (Å²) in [6.07, 6.45) is 0.820. The lowest BCUT2D eigenvalue weighted by molar-refractivity contribution is -0.143. The predicted octanol–water partition coefficient (Wildman–Crippen LogP) is 2.29. The van der Waals surface area contributed by atoms with E-state index in [0.29, 0.717) is 18.8 Å². The Hall–Kier alpha value is -0.140. The first-order chi connectivity index (χ1) is 9.89. The van der Waals surface area contributed by atoms with E-state index in [1.165, 1.54) is 4.90 Å². The molecule has 2 rings (SSSR count). The Labute approximate surface area is 127 Å². The van der Waals surface area contributed by atoms with Crippen molar-refractivity contribution in [3.8, 4) is 0 Å². The zero-order valence-corrected chi connectivity index (χ0v) is 13.3. The first-order valence-electron chi connectivity index (χ1n) is 7.81. The SMILES string of the molecule is CC[S@](=O)[C@@H]1CCCC[C@H]1N[C@H]1CCN(CC(F)(F)F)C1. The predicted molar refractivity (Wildman–Crippen MR) is 78.8 cm³/mol. The molecule has 7 heteroatoms. The van der Waals surface area contributed by atoms with Crippen molar-refractivity contribution in [2.45, 2.75) is 62.5 Å². The summed E-state index contributed by atoms with van der Waals surface area (Å²) in [6.45, 7) is 2.05. The van der Waals surface area contributed by atoms with Gasteiger partial charge in [0.05, 0.1) is 11.8 Å². The molecule has 0 bridgehead atoms. The van der Waals surface area contributed by atoms with Gasteiger partial charge < -0.3 is 5.32 Å². The summed E-state index contributed by atoms with van der Waals surface area (Å²) in [5.41, 5.74) is 0. The van der Waals surface area contributed by atoms with Gasteiger partial charge in [-0.3, -0.25) is 9.11 Å². The number of alkyl halides is 3. The van der Waals surface area contributed by atoms with Crippen LogP contribution in [0.15, 0.2) is 0 Å². The van der Waals surface area contributed by atoms with Gasteiger partial charge in [-0.15, -0.1) is 0 Å². The molecule has 4 atom stereocenters. The normalized spacial score (nSPS) is 33.2. The minimum absolute atomic E-state index is 0.104. The Kier molecular flexibility index (Phi) is 6.08. The number of nitrogens with one attached hydrogen (secondary N) is 1. The van der Waals surface area contributed by atoms with Crippen LogP contribution in [0.25, 0.3) is 0 Å². The van der Waals surface area contributed by atoms with Crippen molar-refractivity contribution in [3.05, 3.63) is 0 Å². The van der Waals surface area contributed by atoms with E-state index < -0.39 is 23.5 Å². The third-order valence-corrected chi connectivity index (χ3v) is 6.26. The number of hydrogen-bond donors (Lipinski definition) is 1. The van der Waals surface area contributed by atoms with E-state index in [4.69, 9.17) is 0 Å². The largest absolute Gasteiger partial charge is 0.401 e. The molecule has 0 aromatic heterocycles. The standard InChI is InChI=1S/C14H25F3N2OS/c1-2-21(20)13-6-4-3-5-12(13)18-11-7-8-19(9-11)10-14(15,16)17/h11-13,18H,2-10H2,1H3/t11-,12+,13+,21-/m0/s1. The highest BCUT2D eigenvalue weighted by Gasteiger charge is 2.36. The molecule has 124 valence electrons. The Morgan fingerprint density at radius 3 is 2.62 bits per heavy atom. The molecule has 2 aliphatic rings. The highest BCUT2D eigenvalue weighted by molar-refractivity contribution is 7.85. The average molecular weight is 326 g/mol. The second-order valence-corrected chi connectivity index (χ2v) is 8.05. The third-order valence-electron chi connectivity index (χ3n) is 4.45. The van der Waals surface area contributed by atoms with E-state index in [0.717, 1.165) is 32.1 Å². The molecule has 1 aliphatic carbocycles. The molecule has 0 amide bonds. The van der Waals surface area contributed by atoms with Gasteiger partial charge in [0.1, 0.15) is 0 Å². The first kappa shape index (κ1) is 17.2. The molecule has 3 nitrogen and oxygen atoms in total. The fourth-order valence-corrected chi connectivity index (χ4v) is 4.92. The van der Waals surface area contributed by atoms with Crippen LogP contribution in [-0.2, 0) is 10.8 Å². The van der Waals surface area contributed by atoms with Gasteiger partial charge in [-0.1, -0.05) is 19.8 Å². The van der Waals surface area contributed by atoms with Crippen LogP contribution in [0.4, 0.5) is 13.2 Å². The number of halogens is 3. The van der Waals surface area contributed by atoms with Gasteiger partial charge in [0.15, 0.2) is 0 Å².